The van der Waals surface area contributed by atoms with Gasteiger partial charge >= 0.3 is 0 Å². The average molecular weight is 293 g/mol. The van der Waals surface area contributed by atoms with Gasteiger partial charge in [-0.3, -0.25) is 4.98 Å². The third-order valence-electron chi connectivity index (χ3n) is 3.72. The smallest absolute Gasteiger partial charge is 0.0737 e. The number of hydrogen-bond acceptors (Lipinski definition) is 3. The number of benzene rings is 1. The molecule has 0 saturated carbocycles. The van der Waals surface area contributed by atoms with Gasteiger partial charge in [0.1, 0.15) is 0 Å². The summed E-state index contributed by atoms with van der Waals surface area (Å²) < 4.78 is 0. The quantitative estimate of drug-likeness (QED) is 0.878. The maximum absolute atomic E-state index is 9.38. The molecular formula is C16H21ClN2O. The van der Waals surface area contributed by atoms with E-state index in [9.17, 15) is 5.11 Å². The lowest BCUT2D eigenvalue weighted by atomic mass is 10.1. The number of nitrogens with zero attached hydrogens (tertiary/aromatic N) is 2. The van der Waals surface area contributed by atoms with Gasteiger partial charge < -0.3 is 10.0 Å². The summed E-state index contributed by atoms with van der Waals surface area (Å²) in [5.41, 5.74) is 2.01. The predicted molar refractivity (Wildman–Crippen MR) is 85.6 cm³/mol. The van der Waals surface area contributed by atoms with Gasteiger partial charge in [0, 0.05) is 34.9 Å². The number of fused-ring (bicyclic) bond motifs is 1. The number of aliphatic hydroxyl groups is 1. The Balaban J connectivity index is 2.52. The zero-order valence-corrected chi connectivity index (χ0v) is 12.8. The first kappa shape index (κ1) is 15.1. The van der Waals surface area contributed by atoms with Crippen LogP contribution in [-0.4, -0.2) is 29.3 Å². The number of aromatic nitrogens is 1. The van der Waals surface area contributed by atoms with E-state index in [0.717, 1.165) is 29.4 Å². The van der Waals surface area contributed by atoms with Crippen molar-refractivity contribution in [2.75, 3.05) is 18.1 Å². The number of pyridine rings is 1. The van der Waals surface area contributed by atoms with Gasteiger partial charge in [-0.2, -0.15) is 0 Å². The van der Waals surface area contributed by atoms with Crippen LogP contribution in [0.5, 0.6) is 0 Å². The Bertz CT molecular complexity index is 569. The van der Waals surface area contributed by atoms with Crippen molar-refractivity contribution in [1.82, 2.24) is 4.98 Å². The zero-order valence-electron chi connectivity index (χ0n) is 12.0. The van der Waals surface area contributed by atoms with Crippen LogP contribution < -0.4 is 4.90 Å². The molecule has 0 aliphatic rings. The predicted octanol–water partition coefficient (Wildman–Crippen LogP) is 3.88. The summed E-state index contributed by atoms with van der Waals surface area (Å²) in [7, 11) is 0. The van der Waals surface area contributed by atoms with Crippen LogP contribution in [-0.2, 0) is 0 Å². The van der Waals surface area contributed by atoms with Crippen LogP contribution in [0.2, 0.25) is 5.02 Å². The van der Waals surface area contributed by atoms with Gasteiger partial charge in [0.25, 0.3) is 0 Å². The lowest BCUT2D eigenvalue weighted by Gasteiger charge is -2.33. The highest BCUT2D eigenvalue weighted by atomic mass is 35.5. The van der Waals surface area contributed by atoms with Gasteiger partial charge in [0.15, 0.2) is 0 Å². The van der Waals surface area contributed by atoms with Crippen LogP contribution in [0, 0.1) is 0 Å². The molecule has 0 fully saturated rings. The minimum Gasteiger partial charge on any atom is -0.395 e. The molecule has 0 aliphatic carbocycles. The maximum Gasteiger partial charge on any atom is 0.0737 e. The van der Waals surface area contributed by atoms with Gasteiger partial charge in [-0.25, -0.2) is 0 Å². The Morgan fingerprint density at radius 1 is 1.25 bits per heavy atom. The van der Waals surface area contributed by atoms with Crippen molar-refractivity contribution < 1.29 is 5.11 Å². The minimum absolute atomic E-state index is 0.147. The summed E-state index contributed by atoms with van der Waals surface area (Å²) in [5, 5.41) is 11.1. The first-order valence-corrected chi connectivity index (χ1v) is 7.50. The molecule has 0 radical (unpaired) electrons. The summed E-state index contributed by atoms with van der Waals surface area (Å²) in [4.78, 5) is 6.66. The molecule has 0 saturated heterocycles. The van der Waals surface area contributed by atoms with Crippen molar-refractivity contribution in [2.24, 2.45) is 0 Å². The Kier molecular flexibility index (Phi) is 5.21. The Morgan fingerprint density at radius 2 is 2.00 bits per heavy atom. The maximum atomic E-state index is 9.38. The highest BCUT2D eigenvalue weighted by Crippen LogP contribution is 2.29. The second-order valence-electron chi connectivity index (χ2n) is 4.88. The fourth-order valence-electron chi connectivity index (χ4n) is 2.69. The van der Waals surface area contributed by atoms with Crippen molar-refractivity contribution in [3.8, 4) is 0 Å². The summed E-state index contributed by atoms with van der Waals surface area (Å²) in [6.45, 7) is 5.14. The molecule has 0 amide bonds. The summed E-state index contributed by atoms with van der Waals surface area (Å²) in [5.74, 6) is 0. The van der Waals surface area contributed by atoms with E-state index >= 15 is 0 Å². The first-order chi connectivity index (χ1) is 9.71. The van der Waals surface area contributed by atoms with Crippen LogP contribution in [0.1, 0.15) is 26.7 Å². The van der Waals surface area contributed by atoms with E-state index in [-0.39, 0.29) is 6.61 Å². The lowest BCUT2D eigenvalue weighted by molar-refractivity contribution is 0.296. The van der Waals surface area contributed by atoms with E-state index in [1.54, 1.807) is 6.20 Å². The number of anilines is 1. The van der Waals surface area contributed by atoms with Crippen LogP contribution in [0.4, 0.5) is 5.69 Å². The SMILES string of the molecule is CCC(CC)N(CCO)c1ccnc2cc(Cl)ccc12. The molecule has 0 bridgehead atoms. The highest BCUT2D eigenvalue weighted by molar-refractivity contribution is 6.31. The zero-order chi connectivity index (χ0) is 14.5. The monoisotopic (exact) mass is 292 g/mol. The molecule has 2 aromatic rings. The molecule has 0 aliphatic heterocycles. The average Bonchev–Trinajstić information content (AvgIpc) is 2.46. The Morgan fingerprint density at radius 3 is 2.65 bits per heavy atom. The number of aliphatic hydroxyl groups excluding tert-OH is 1. The van der Waals surface area contributed by atoms with Crippen LogP contribution in [0.15, 0.2) is 30.5 Å². The van der Waals surface area contributed by atoms with Gasteiger partial charge in [0.2, 0.25) is 0 Å². The third-order valence-corrected chi connectivity index (χ3v) is 3.95. The largest absolute Gasteiger partial charge is 0.395 e. The van der Waals surface area contributed by atoms with Gasteiger partial charge in [-0.1, -0.05) is 25.4 Å². The van der Waals surface area contributed by atoms with Crippen molar-refractivity contribution >= 4 is 28.2 Å². The first-order valence-electron chi connectivity index (χ1n) is 7.13. The molecule has 20 heavy (non-hydrogen) atoms. The number of rotatable bonds is 6. The second kappa shape index (κ2) is 6.91. The standard InChI is InChI=1S/C16H21ClN2O/c1-3-13(4-2)19(9-10-20)16-7-8-18-15-11-12(17)5-6-14(15)16/h5-8,11,13,20H,3-4,9-10H2,1-2H3. The molecule has 3 nitrogen and oxygen atoms in total. The number of hydrogen-bond donors (Lipinski definition) is 1. The Labute approximate surface area is 125 Å². The van der Waals surface area contributed by atoms with Gasteiger partial charge in [-0.15, -0.1) is 0 Å². The molecule has 1 heterocycles. The highest BCUT2D eigenvalue weighted by Gasteiger charge is 2.17. The fraction of sp³-hybridized carbons (Fsp3) is 0.438. The van der Waals surface area contributed by atoms with E-state index in [1.807, 2.05) is 24.3 Å². The fourth-order valence-corrected chi connectivity index (χ4v) is 2.86. The molecule has 1 aromatic heterocycles. The lowest BCUT2D eigenvalue weighted by Crippen LogP contribution is -2.36. The molecule has 0 spiro atoms. The molecule has 108 valence electrons. The second-order valence-corrected chi connectivity index (χ2v) is 5.32. The van der Waals surface area contributed by atoms with Gasteiger partial charge in [0.05, 0.1) is 12.1 Å². The van der Waals surface area contributed by atoms with E-state index in [0.29, 0.717) is 17.6 Å². The molecule has 2 rings (SSSR count). The summed E-state index contributed by atoms with van der Waals surface area (Å²) in [6.07, 6.45) is 3.91. The molecular weight excluding hydrogens is 272 g/mol. The molecule has 4 heteroatoms. The minimum atomic E-state index is 0.147. The molecule has 0 unspecified atom stereocenters. The van der Waals surface area contributed by atoms with Crippen molar-refractivity contribution in [3.63, 3.8) is 0 Å². The van der Waals surface area contributed by atoms with E-state index in [2.05, 4.69) is 23.7 Å². The van der Waals surface area contributed by atoms with Gasteiger partial charge in [-0.05, 0) is 37.1 Å². The topological polar surface area (TPSA) is 36.4 Å². The van der Waals surface area contributed by atoms with Crippen molar-refractivity contribution in [3.05, 3.63) is 35.5 Å². The summed E-state index contributed by atoms with van der Waals surface area (Å²) in [6, 6.07) is 8.21. The Hall–Kier alpha value is -1.32. The van der Waals surface area contributed by atoms with E-state index in [1.165, 1.54) is 0 Å². The van der Waals surface area contributed by atoms with E-state index < -0.39 is 0 Å². The van der Waals surface area contributed by atoms with Crippen molar-refractivity contribution in [1.29, 1.82) is 0 Å². The normalized spacial score (nSPS) is 11.2. The van der Waals surface area contributed by atoms with Crippen molar-refractivity contribution in [2.45, 2.75) is 32.7 Å². The van der Waals surface area contributed by atoms with Crippen LogP contribution in [0.25, 0.3) is 10.9 Å². The van der Waals surface area contributed by atoms with E-state index in [4.69, 9.17) is 11.6 Å². The third kappa shape index (κ3) is 3.05. The summed E-state index contributed by atoms with van der Waals surface area (Å²) >= 11 is 6.04. The van der Waals surface area contributed by atoms with Crippen LogP contribution in [0.3, 0.4) is 0 Å². The molecule has 1 N–H and O–H groups in total. The molecule has 0 atom stereocenters. The number of halogens is 1. The van der Waals surface area contributed by atoms with Crippen LogP contribution >= 0.6 is 11.6 Å². The molecule has 1 aromatic carbocycles.